The Hall–Kier alpha value is -3.41. The molecular formula is C25H28N4O2. The van der Waals surface area contributed by atoms with E-state index in [4.69, 9.17) is 0 Å². The lowest BCUT2D eigenvalue weighted by Gasteiger charge is -2.31. The summed E-state index contributed by atoms with van der Waals surface area (Å²) in [4.78, 5) is 29.2. The fraction of sp³-hybridized carbons (Fsp3) is 0.320. The lowest BCUT2D eigenvalue weighted by Crippen LogP contribution is -2.38. The minimum absolute atomic E-state index is 0.0928. The summed E-state index contributed by atoms with van der Waals surface area (Å²) in [5.41, 5.74) is 5.17. The SMILES string of the molecule is Cc1cc(C)cc(C(=O)N2CCC(c3cc(C(=O)N(C)c4ccccc4)n[nH]3)CC2)c1. The van der Waals surface area contributed by atoms with Gasteiger partial charge in [0.15, 0.2) is 5.69 Å². The Balaban J connectivity index is 1.39. The zero-order valence-electron chi connectivity index (χ0n) is 18.3. The van der Waals surface area contributed by atoms with Crippen molar-refractivity contribution in [2.75, 3.05) is 25.0 Å². The molecule has 2 amide bonds. The number of H-pyrrole nitrogens is 1. The highest BCUT2D eigenvalue weighted by Crippen LogP contribution is 2.28. The van der Waals surface area contributed by atoms with Crippen LogP contribution in [0.1, 0.15) is 56.4 Å². The molecule has 1 aromatic heterocycles. The van der Waals surface area contributed by atoms with Crippen molar-refractivity contribution < 1.29 is 9.59 Å². The second-order valence-corrected chi connectivity index (χ2v) is 8.35. The molecule has 160 valence electrons. The van der Waals surface area contributed by atoms with Crippen LogP contribution in [0.5, 0.6) is 0 Å². The largest absolute Gasteiger partial charge is 0.339 e. The molecule has 3 aromatic rings. The number of para-hydroxylation sites is 1. The molecule has 0 saturated carbocycles. The Kier molecular flexibility index (Phi) is 5.89. The number of aromatic nitrogens is 2. The minimum atomic E-state index is -0.142. The van der Waals surface area contributed by atoms with Crippen LogP contribution in [-0.2, 0) is 0 Å². The van der Waals surface area contributed by atoms with E-state index >= 15 is 0 Å². The van der Waals surface area contributed by atoms with Gasteiger partial charge in [0.05, 0.1) is 0 Å². The molecule has 1 saturated heterocycles. The van der Waals surface area contributed by atoms with Gasteiger partial charge >= 0.3 is 0 Å². The van der Waals surface area contributed by atoms with Crippen molar-refractivity contribution in [2.45, 2.75) is 32.6 Å². The first-order valence-corrected chi connectivity index (χ1v) is 10.7. The van der Waals surface area contributed by atoms with Gasteiger partial charge in [0.2, 0.25) is 0 Å². The fourth-order valence-corrected chi connectivity index (χ4v) is 4.27. The van der Waals surface area contributed by atoms with Gasteiger partial charge in [-0.15, -0.1) is 0 Å². The van der Waals surface area contributed by atoms with E-state index in [0.29, 0.717) is 18.8 Å². The molecular weight excluding hydrogens is 388 g/mol. The van der Waals surface area contributed by atoms with E-state index in [2.05, 4.69) is 16.3 Å². The minimum Gasteiger partial charge on any atom is -0.339 e. The highest BCUT2D eigenvalue weighted by atomic mass is 16.2. The molecule has 1 aliphatic rings. The van der Waals surface area contributed by atoms with Crippen LogP contribution in [0.15, 0.2) is 54.6 Å². The molecule has 0 atom stereocenters. The van der Waals surface area contributed by atoms with Crippen LogP contribution < -0.4 is 4.90 Å². The second-order valence-electron chi connectivity index (χ2n) is 8.35. The third-order valence-corrected chi connectivity index (χ3v) is 5.96. The summed E-state index contributed by atoms with van der Waals surface area (Å²) in [5.74, 6) is 0.214. The lowest BCUT2D eigenvalue weighted by atomic mass is 9.93. The molecule has 1 N–H and O–H groups in total. The third kappa shape index (κ3) is 4.53. The summed E-state index contributed by atoms with van der Waals surface area (Å²) in [5, 5.41) is 7.31. The summed E-state index contributed by atoms with van der Waals surface area (Å²) >= 11 is 0. The number of amides is 2. The second kappa shape index (κ2) is 8.76. The molecule has 1 fully saturated rings. The smallest absolute Gasteiger partial charge is 0.278 e. The zero-order valence-corrected chi connectivity index (χ0v) is 18.3. The monoisotopic (exact) mass is 416 g/mol. The molecule has 0 unspecified atom stereocenters. The standard InChI is InChI=1S/C25H28N4O2/c1-17-13-18(2)15-20(14-17)24(30)29-11-9-19(10-12-29)22-16-23(27-26-22)25(31)28(3)21-7-5-4-6-8-21/h4-8,13-16,19H,9-12H2,1-3H3,(H,26,27). The number of anilines is 1. The average molecular weight is 417 g/mol. The van der Waals surface area contributed by atoms with Crippen molar-refractivity contribution in [1.29, 1.82) is 0 Å². The van der Waals surface area contributed by atoms with Crippen molar-refractivity contribution in [1.82, 2.24) is 15.1 Å². The van der Waals surface area contributed by atoms with E-state index in [-0.39, 0.29) is 17.7 Å². The molecule has 0 radical (unpaired) electrons. The maximum Gasteiger partial charge on any atom is 0.278 e. The van der Waals surface area contributed by atoms with Crippen LogP contribution in [0.4, 0.5) is 5.69 Å². The average Bonchev–Trinajstić information content (AvgIpc) is 3.28. The van der Waals surface area contributed by atoms with Crippen LogP contribution in [-0.4, -0.2) is 47.0 Å². The number of piperidine rings is 1. The number of rotatable bonds is 4. The number of nitrogens with one attached hydrogen (secondary N) is 1. The fourth-order valence-electron chi connectivity index (χ4n) is 4.27. The Morgan fingerprint density at radius 1 is 1.00 bits per heavy atom. The first kappa shape index (κ1) is 20.8. The quantitative estimate of drug-likeness (QED) is 0.689. The van der Waals surface area contributed by atoms with E-state index in [1.54, 1.807) is 11.9 Å². The number of nitrogens with zero attached hydrogens (tertiary/aromatic N) is 3. The lowest BCUT2D eigenvalue weighted by molar-refractivity contribution is 0.0711. The van der Waals surface area contributed by atoms with Crippen LogP contribution in [0, 0.1) is 13.8 Å². The van der Waals surface area contributed by atoms with Crippen molar-refractivity contribution in [3.63, 3.8) is 0 Å². The van der Waals surface area contributed by atoms with Gasteiger partial charge in [-0.25, -0.2) is 0 Å². The van der Waals surface area contributed by atoms with Gasteiger partial charge in [0.25, 0.3) is 11.8 Å². The van der Waals surface area contributed by atoms with E-state index in [1.165, 1.54) is 0 Å². The van der Waals surface area contributed by atoms with Crippen LogP contribution in [0.3, 0.4) is 0 Å². The van der Waals surface area contributed by atoms with Crippen LogP contribution in [0.25, 0.3) is 0 Å². The van der Waals surface area contributed by atoms with Gasteiger partial charge in [-0.2, -0.15) is 5.10 Å². The maximum absolute atomic E-state index is 12.9. The van der Waals surface area contributed by atoms with Gasteiger partial charge in [0, 0.05) is 43.0 Å². The normalized spacial score (nSPS) is 14.5. The molecule has 1 aliphatic heterocycles. The predicted octanol–water partition coefficient (Wildman–Crippen LogP) is 4.32. The molecule has 6 nitrogen and oxygen atoms in total. The number of hydrogen-bond acceptors (Lipinski definition) is 3. The number of carbonyl (C=O) groups excluding carboxylic acids is 2. The van der Waals surface area contributed by atoms with Crippen LogP contribution in [0.2, 0.25) is 0 Å². The first-order valence-electron chi connectivity index (χ1n) is 10.7. The van der Waals surface area contributed by atoms with Gasteiger partial charge in [-0.3, -0.25) is 14.7 Å². The molecule has 4 rings (SSSR count). The molecule has 0 bridgehead atoms. The van der Waals surface area contributed by atoms with Gasteiger partial charge in [-0.05, 0) is 57.0 Å². The van der Waals surface area contributed by atoms with E-state index in [9.17, 15) is 9.59 Å². The Labute approximate surface area is 182 Å². The summed E-state index contributed by atoms with van der Waals surface area (Å²) in [6.45, 7) is 5.43. The van der Waals surface area contributed by atoms with E-state index in [0.717, 1.165) is 40.9 Å². The molecule has 0 aliphatic carbocycles. The van der Waals surface area contributed by atoms with Crippen molar-refractivity contribution in [3.8, 4) is 0 Å². The summed E-state index contributed by atoms with van der Waals surface area (Å²) in [6, 6.07) is 17.4. The van der Waals surface area contributed by atoms with E-state index in [1.807, 2.05) is 67.3 Å². The van der Waals surface area contributed by atoms with Crippen LogP contribution >= 0.6 is 0 Å². The highest BCUT2D eigenvalue weighted by molar-refractivity contribution is 6.04. The number of aromatic amines is 1. The number of hydrogen-bond donors (Lipinski definition) is 1. The van der Waals surface area contributed by atoms with Gasteiger partial charge < -0.3 is 9.80 Å². The molecule has 0 spiro atoms. The Bertz CT molecular complexity index is 1060. The topological polar surface area (TPSA) is 69.3 Å². The number of likely N-dealkylation sites (tertiary alicyclic amines) is 1. The Morgan fingerprint density at radius 2 is 1.65 bits per heavy atom. The Morgan fingerprint density at radius 3 is 2.29 bits per heavy atom. The summed E-state index contributed by atoms with van der Waals surface area (Å²) in [6.07, 6.45) is 1.70. The van der Waals surface area contributed by atoms with Crippen molar-refractivity contribution in [2.24, 2.45) is 0 Å². The molecule has 31 heavy (non-hydrogen) atoms. The number of benzene rings is 2. The van der Waals surface area contributed by atoms with Gasteiger partial charge in [0.1, 0.15) is 0 Å². The van der Waals surface area contributed by atoms with E-state index < -0.39 is 0 Å². The molecule has 2 aromatic carbocycles. The first-order chi connectivity index (χ1) is 14.9. The van der Waals surface area contributed by atoms with Gasteiger partial charge in [-0.1, -0.05) is 35.4 Å². The van der Waals surface area contributed by atoms with Crippen molar-refractivity contribution in [3.05, 3.63) is 82.7 Å². The summed E-state index contributed by atoms with van der Waals surface area (Å²) < 4.78 is 0. The molecule has 6 heteroatoms. The maximum atomic E-state index is 12.9. The van der Waals surface area contributed by atoms with Crippen molar-refractivity contribution >= 4 is 17.5 Å². The number of carbonyl (C=O) groups is 2. The third-order valence-electron chi connectivity index (χ3n) is 5.96. The highest BCUT2D eigenvalue weighted by Gasteiger charge is 2.27. The summed E-state index contributed by atoms with van der Waals surface area (Å²) in [7, 11) is 1.75. The predicted molar refractivity (Wildman–Crippen MR) is 122 cm³/mol. The molecule has 2 heterocycles. The zero-order chi connectivity index (χ0) is 22.0. The number of aryl methyl sites for hydroxylation is 2.